The maximum atomic E-state index is 9.31. The average Bonchev–Trinajstić information content (AvgIpc) is 2.01. The van der Waals surface area contributed by atoms with Crippen LogP contribution in [-0.2, 0) is 0 Å². The van der Waals surface area contributed by atoms with Crippen molar-refractivity contribution in [2.45, 2.75) is 25.4 Å². The van der Waals surface area contributed by atoms with Crippen molar-refractivity contribution in [2.75, 3.05) is 19.6 Å². The van der Waals surface area contributed by atoms with Gasteiger partial charge in [-0.05, 0) is 25.8 Å². The van der Waals surface area contributed by atoms with E-state index in [2.05, 4.69) is 11.5 Å². The molecule has 1 N–H and O–H groups in total. The van der Waals surface area contributed by atoms with E-state index >= 15 is 0 Å². The molecule has 0 unspecified atom stereocenters. The molecular formula is C9H17NO. The fraction of sp³-hybridized carbons (Fsp3) is 0.778. The van der Waals surface area contributed by atoms with Crippen LogP contribution in [0.15, 0.2) is 12.7 Å². The van der Waals surface area contributed by atoms with Gasteiger partial charge in [0.25, 0.3) is 0 Å². The molecule has 0 aromatic rings. The van der Waals surface area contributed by atoms with Crippen LogP contribution in [0.1, 0.15) is 19.3 Å². The van der Waals surface area contributed by atoms with E-state index in [0.29, 0.717) is 0 Å². The fourth-order valence-corrected chi connectivity index (χ4v) is 1.51. The van der Waals surface area contributed by atoms with Crippen molar-refractivity contribution in [2.24, 2.45) is 0 Å². The van der Waals surface area contributed by atoms with E-state index in [0.717, 1.165) is 38.9 Å². The van der Waals surface area contributed by atoms with Crippen LogP contribution in [0.3, 0.4) is 0 Å². The maximum absolute atomic E-state index is 9.31. The number of hydrogen-bond acceptors (Lipinski definition) is 2. The Bertz CT molecular complexity index is 125. The zero-order valence-corrected chi connectivity index (χ0v) is 7.00. The number of aliphatic hydroxyl groups is 1. The predicted octanol–water partition coefficient (Wildman–Crippen LogP) is 1.02. The Morgan fingerprint density at radius 3 is 3.09 bits per heavy atom. The molecule has 1 atom stereocenters. The molecule has 1 aliphatic heterocycles. The number of nitrogens with zero attached hydrogens (tertiary/aromatic N) is 1. The molecule has 1 heterocycles. The first-order valence-electron chi connectivity index (χ1n) is 4.34. The molecule has 2 nitrogen and oxygen atoms in total. The second-order valence-electron chi connectivity index (χ2n) is 3.17. The zero-order chi connectivity index (χ0) is 8.10. The lowest BCUT2D eigenvalue weighted by molar-refractivity contribution is 0.0717. The molecule has 11 heavy (non-hydrogen) atoms. The van der Waals surface area contributed by atoms with Gasteiger partial charge < -0.3 is 10.0 Å². The first-order chi connectivity index (χ1) is 5.33. The Morgan fingerprint density at radius 1 is 1.64 bits per heavy atom. The van der Waals surface area contributed by atoms with Crippen molar-refractivity contribution in [1.29, 1.82) is 0 Å². The number of hydrogen-bond donors (Lipinski definition) is 1. The highest BCUT2D eigenvalue weighted by Crippen LogP contribution is 2.09. The molecule has 1 saturated heterocycles. The Morgan fingerprint density at radius 2 is 2.45 bits per heavy atom. The first kappa shape index (κ1) is 8.75. The van der Waals surface area contributed by atoms with Crippen molar-refractivity contribution in [3.05, 3.63) is 12.7 Å². The Balaban J connectivity index is 2.17. The third-order valence-corrected chi connectivity index (χ3v) is 2.13. The quantitative estimate of drug-likeness (QED) is 0.615. The number of likely N-dealkylation sites (tertiary alicyclic amines) is 1. The normalized spacial score (nSPS) is 26.8. The second-order valence-corrected chi connectivity index (χ2v) is 3.17. The molecule has 1 fully saturated rings. The van der Waals surface area contributed by atoms with E-state index in [1.807, 2.05) is 6.08 Å². The molecule has 0 aromatic carbocycles. The molecular weight excluding hydrogens is 138 g/mol. The van der Waals surface area contributed by atoms with Crippen LogP contribution in [0.4, 0.5) is 0 Å². The van der Waals surface area contributed by atoms with Crippen LogP contribution >= 0.6 is 0 Å². The van der Waals surface area contributed by atoms with Crippen LogP contribution in [-0.4, -0.2) is 35.7 Å². The summed E-state index contributed by atoms with van der Waals surface area (Å²) in [6.07, 6.45) is 4.99. The largest absolute Gasteiger partial charge is 0.392 e. The highest BCUT2D eigenvalue weighted by molar-refractivity contribution is 4.75. The summed E-state index contributed by atoms with van der Waals surface area (Å²) >= 11 is 0. The SMILES string of the molecule is C=CCCN1CCC[C@H](O)C1. The monoisotopic (exact) mass is 155 g/mol. The summed E-state index contributed by atoms with van der Waals surface area (Å²) in [4.78, 5) is 2.30. The van der Waals surface area contributed by atoms with Crippen LogP contribution in [0.25, 0.3) is 0 Å². The number of rotatable bonds is 3. The molecule has 0 aromatic heterocycles. The van der Waals surface area contributed by atoms with Crippen LogP contribution < -0.4 is 0 Å². The standard InChI is InChI=1S/C9H17NO/c1-2-3-6-10-7-4-5-9(11)8-10/h2,9,11H,1,3-8H2/t9-/m0/s1. The summed E-state index contributed by atoms with van der Waals surface area (Å²) in [6, 6.07) is 0. The molecule has 1 rings (SSSR count). The van der Waals surface area contributed by atoms with Gasteiger partial charge in [-0.1, -0.05) is 6.08 Å². The minimum atomic E-state index is -0.0893. The van der Waals surface area contributed by atoms with E-state index in [4.69, 9.17) is 0 Å². The van der Waals surface area contributed by atoms with Gasteiger partial charge >= 0.3 is 0 Å². The Kier molecular flexibility index (Phi) is 3.60. The topological polar surface area (TPSA) is 23.5 Å². The fourth-order valence-electron chi connectivity index (χ4n) is 1.51. The summed E-state index contributed by atoms with van der Waals surface area (Å²) < 4.78 is 0. The summed E-state index contributed by atoms with van der Waals surface area (Å²) in [5.74, 6) is 0. The highest BCUT2D eigenvalue weighted by atomic mass is 16.3. The van der Waals surface area contributed by atoms with Gasteiger partial charge in [-0.2, -0.15) is 0 Å². The highest BCUT2D eigenvalue weighted by Gasteiger charge is 2.15. The smallest absolute Gasteiger partial charge is 0.0667 e. The summed E-state index contributed by atoms with van der Waals surface area (Å²) in [5.41, 5.74) is 0. The van der Waals surface area contributed by atoms with Gasteiger partial charge in [-0.15, -0.1) is 6.58 Å². The van der Waals surface area contributed by atoms with Crippen LogP contribution in [0.2, 0.25) is 0 Å². The lowest BCUT2D eigenvalue weighted by Crippen LogP contribution is -2.38. The molecule has 0 aliphatic carbocycles. The lowest BCUT2D eigenvalue weighted by Gasteiger charge is -2.29. The maximum Gasteiger partial charge on any atom is 0.0667 e. The molecule has 0 radical (unpaired) electrons. The van der Waals surface area contributed by atoms with E-state index in [1.165, 1.54) is 0 Å². The third kappa shape index (κ3) is 3.04. The molecule has 1 aliphatic rings. The van der Waals surface area contributed by atoms with E-state index in [1.54, 1.807) is 0 Å². The number of aliphatic hydroxyl groups excluding tert-OH is 1. The van der Waals surface area contributed by atoms with Crippen molar-refractivity contribution in [1.82, 2.24) is 4.90 Å². The van der Waals surface area contributed by atoms with Gasteiger partial charge in [0.2, 0.25) is 0 Å². The first-order valence-corrected chi connectivity index (χ1v) is 4.34. The Labute approximate surface area is 68.5 Å². The van der Waals surface area contributed by atoms with Gasteiger partial charge in [0.1, 0.15) is 0 Å². The third-order valence-electron chi connectivity index (χ3n) is 2.13. The molecule has 0 amide bonds. The number of β-amino-alcohol motifs (C(OH)–C–C–N with tert-alkyl or cyclic N) is 1. The van der Waals surface area contributed by atoms with E-state index in [9.17, 15) is 5.11 Å². The van der Waals surface area contributed by atoms with Gasteiger partial charge in [-0.3, -0.25) is 0 Å². The predicted molar refractivity (Wildman–Crippen MR) is 46.5 cm³/mol. The van der Waals surface area contributed by atoms with Crippen LogP contribution in [0, 0.1) is 0 Å². The molecule has 0 bridgehead atoms. The minimum absolute atomic E-state index is 0.0893. The minimum Gasteiger partial charge on any atom is -0.392 e. The van der Waals surface area contributed by atoms with Gasteiger partial charge in [0.05, 0.1) is 6.10 Å². The number of piperidine rings is 1. The Hall–Kier alpha value is -0.340. The molecule has 0 spiro atoms. The van der Waals surface area contributed by atoms with E-state index in [-0.39, 0.29) is 6.10 Å². The lowest BCUT2D eigenvalue weighted by atomic mass is 10.1. The van der Waals surface area contributed by atoms with Crippen LogP contribution in [0.5, 0.6) is 0 Å². The van der Waals surface area contributed by atoms with Gasteiger partial charge in [0.15, 0.2) is 0 Å². The zero-order valence-electron chi connectivity index (χ0n) is 7.00. The summed E-state index contributed by atoms with van der Waals surface area (Å²) in [7, 11) is 0. The van der Waals surface area contributed by atoms with Gasteiger partial charge in [0, 0.05) is 13.1 Å². The van der Waals surface area contributed by atoms with Crippen molar-refractivity contribution in [3.8, 4) is 0 Å². The van der Waals surface area contributed by atoms with E-state index < -0.39 is 0 Å². The molecule has 2 heteroatoms. The molecule has 64 valence electrons. The van der Waals surface area contributed by atoms with Crippen molar-refractivity contribution in [3.63, 3.8) is 0 Å². The average molecular weight is 155 g/mol. The summed E-state index contributed by atoms with van der Waals surface area (Å²) in [6.45, 7) is 6.73. The summed E-state index contributed by atoms with van der Waals surface area (Å²) in [5, 5.41) is 9.31. The van der Waals surface area contributed by atoms with Crippen molar-refractivity contribution < 1.29 is 5.11 Å². The molecule has 0 saturated carbocycles. The van der Waals surface area contributed by atoms with Crippen molar-refractivity contribution >= 4 is 0 Å². The van der Waals surface area contributed by atoms with Gasteiger partial charge in [-0.25, -0.2) is 0 Å². The second kappa shape index (κ2) is 4.52.